The quantitative estimate of drug-likeness (QED) is 0.0270. The summed E-state index contributed by atoms with van der Waals surface area (Å²) in [5.41, 5.74) is 10.1. The summed E-state index contributed by atoms with van der Waals surface area (Å²) in [6.07, 6.45) is 4.38. The third-order valence-corrected chi connectivity index (χ3v) is 21.2. The Morgan fingerprint density at radius 2 is 1.38 bits per heavy atom. The van der Waals surface area contributed by atoms with E-state index in [2.05, 4.69) is 39.8 Å². The van der Waals surface area contributed by atoms with Crippen molar-refractivity contribution in [3.8, 4) is 17.2 Å². The Balaban J connectivity index is 0.819. The lowest BCUT2D eigenvalue weighted by molar-refractivity contribution is -0.137. The number of benzene rings is 5. The van der Waals surface area contributed by atoms with Crippen molar-refractivity contribution in [2.24, 2.45) is 0 Å². The Morgan fingerprint density at radius 1 is 0.762 bits per heavy atom. The van der Waals surface area contributed by atoms with E-state index in [1.165, 1.54) is 45.4 Å². The number of fused-ring (bicyclic) bond motifs is 6. The van der Waals surface area contributed by atoms with Gasteiger partial charge < -0.3 is 39.5 Å². The van der Waals surface area contributed by atoms with Crippen molar-refractivity contribution in [3.63, 3.8) is 0 Å². The van der Waals surface area contributed by atoms with E-state index in [-0.39, 0.29) is 75.2 Å². The number of amides is 5. The van der Waals surface area contributed by atoms with Crippen LogP contribution in [-0.2, 0) is 72.6 Å². The first kappa shape index (κ1) is 59.8. The predicted molar refractivity (Wildman–Crippen MR) is 325 cm³/mol. The number of ether oxygens (including phenoxy) is 3. The molecule has 18 nitrogen and oxygen atoms in total. The number of anilines is 3. The van der Waals surface area contributed by atoms with Gasteiger partial charge in [0, 0.05) is 93.1 Å². The fraction of sp³-hybridized carbons (Fsp3) is 0.397. The van der Waals surface area contributed by atoms with Crippen LogP contribution in [0.1, 0.15) is 106 Å². The maximum atomic E-state index is 14.3. The number of methoxy groups -OCH3 is 1. The van der Waals surface area contributed by atoms with Gasteiger partial charge in [0.25, 0.3) is 33.7 Å². The van der Waals surface area contributed by atoms with Crippen LogP contribution in [0.2, 0.25) is 0 Å². The van der Waals surface area contributed by atoms with Crippen LogP contribution in [0.4, 0.5) is 17.1 Å². The Morgan fingerprint density at radius 3 is 2.04 bits per heavy atom. The molecule has 2 unspecified atom stereocenters. The van der Waals surface area contributed by atoms with Crippen molar-refractivity contribution < 1.29 is 55.6 Å². The highest BCUT2D eigenvalue weighted by Gasteiger charge is 2.38. The third kappa shape index (κ3) is 13.4. The van der Waals surface area contributed by atoms with Crippen LogP contribution in [0, 0.1) is 6.92 Å². The second kappa shape index (κ2) is 25.5. The molecular formula is C63H70N6O12S3. The van der Waals surface area contributed by atoms with Gasteiger partial charge in [-0.1, -0.05) is 70.1 Å². The summed E-state index contributed by atoms with van der Waals surface area (Å²) in [6.45, 7) is 8.37. The number of aryl methyl sites for hydroxylation is 1. The molecule has 21 heteroatoms. The van der Waals surface area contributed by atoms with Crippen molar-refractivity contribution in [1.29, 1.82) is 0 Å². The number of imide groups is 1. The highest BCUT2D eigenvalue weighted by molar-refractivity contribution is 8.77. The summed E-state index contributed by atoms with van der Waals surface area (Å²) in [5, 5.41) is 5.20. The second-order valence-electron chi connectivity index (χ2n) is 22.6. The molecule has 5 heterocycles. The zero-order chi connectivity index (χ0) is 59.5. The molecule has 10 rings (SSSR count). The number of rotatable bonds is 23. The maximum Gasteiger partial charge on any atom is 0.277 e. The number of hydrogen-bond acceptors (Lipinski definition) is 16. The summed E-state index contributed by atoms with van der Waals surface area (Å²) < 4.78 is 49.0. The predicted octanol–water partition coefficient (Wildman–Crippen LogP) is 9.06. The molecule has 5 aliphatic rings. The van der Waals surface area contributed by atoms with Crippen LogP contribution >= 0.6 is 21.6 Å². The Bertz CT molecular complexity index is 3540. The largest absolute Gasteiger partial charge is 0.493 e. The number of carbonyl (C=O) groups excluding carboxylic acids is 6. The normalized spacial score (nSPS) is 17.6. The minimum atomic E-state index is -4.22. The van der Waals surface area contributed by atoms with Gasteiger partial charge in [0.1, 0.15) is 24.2 Å². The number of nitrogens with zero attached hydrogens (tertiary/aromatic N) is 4. The van der Waals surface area contributed by atoms with Crippen LogP contribution in [0.25, 0.3) is 0 Å². The second-order valence-corrected chi connectivity index (χ2v) is 27.6. The molecule has 84 heavy (non-hydrogen) atoms. The third-order valence-electron chi connectivity index (χ3n) is 16.2. The first-order valence-corrected chi connectivity index (χ1v) is 32.0. The smallest absolute Gasteiger partial charge is 0.277 e. The molecule has 0 aliphatic carbocycles. The summed E-state index contributed by atoms with van der Waals surface area (Å²) in [5.74, 6) is -0.111. The average molecular weight is 1200 g/mol. The molecule has 0 saturated carbocycles. The molecule has 0 bridgehead atoms. The minimum Gasteiger partial charge on any atom is -0.493 e. The zero-order valence-electron chi connectivity index (χ0n) is 48.1. The van der Waals surface area contributed by atoms with Gasteiger partial charge in [0.2, 0.25) is 5.91 Å². The molecule has 3 atom stereocenters. The van der Waals surface area contributed by atoms with E-state index in [0.29, 0.717) is 78.1 Å². The fourth-order valence-electron chi connectivity index (χ4n) is 11.6. The first-order chi connectivity index (χ1) is 40.3. The van der Waals surface area contributed by atoms with Gasteiger partial charge in [0.15, 0.2) is 17.3 Å². The summed E-state index contributed by atoms with van der Waals surface area (Å²) >= 11 is 0. The van der Waals surface area contributed by atoms with Gasteiger partial charge in [-0.3, -0.25) is 37.9 Å². The van der Waals surface area contributed by atoms with Gasteiger partial charge in [0.05, 0.1) is 48.8 Å². The van der Waals surface area contributed by atoms with E-state index in [9.17, 15) is 37.2 Å². The number of hydrogen-bond donors (Lipinski definition) is 2. The number of nitrogens with one attached hydrogen (secondary N) is 2. The van der Waals surface area contributed by atoms with Crippen molar-refractivity contribution >= 4 is 84.1 Å². The molecule has 0 radical (unpaired) electrons. The van der Waals surface area contributed by atoms with Crippen LogP contribution in [-0.4, -0.2) is 127 Å². The van der Waals surface area contributed by atoms with Gasteiger partial charge in [-0.25, -0.2) is 0 Å². The van der Waals surface area contributed by atoms with Crippen molar-refractivity contribution in [3.05, 3.63) is 153 Å². The van der Waals surface area contributed by atoms with E-state index in [1.54, 1.807) is 6.07 Å². The van der Waals surface area contributed by atoms with Crippen LogP contribution in [0.5, 0.6) is 17.2 Å². The first-order valence-electron chi connectivity index (χ1n) is 28.2. The topological polar surface area (TPSA) is 210 Å². The molecular weight excluding hydrogens is 1130 g/mol. The van der Waals surface area contributed by atoms with Gasteiger partial charge in [-0.2, -0.15) is 8.42 Å². The highest BCUT2D eigenvalue weighted by atomic mass is 33.1. The molecule has 5 amide bonds. The monoisotopic (exact) mass is 1200 g/mol. The molecule has 2 N–H and O–H groups in total. The molecule has 0 saturated heterocycles. The number of likely N-dealkylation sites (N-methyl/N-ethyl adjacent to an activating group) is 1. The SMILES string of the molecule is COc1cc2c(cc1OCc1cc(COc3cc4c(cc3C)C(=O)N3Cc5ccccc5CC3CN4C)cc(NC(=O)CCC(C)(C)SSCCC(C(=O)CCCN3C(=O)C=CC3=O)S(=O)(=O)OC)c1)NC[C@H]1Cc3ccccc3CN1C2=O. The molecule has 0 fully saturated rings. The fourth-order valence-corrected chi connectivity index (χ4v) is 15.5. The molecule has 0 spiro atoms. The summed E-state index contributed by atoms with van der Waals surface area (Å²) in [7, 11) is 3.23. The van der Waals surface area contributed by atoms with E-state index < -0.39 is 37.7 Å². The van der Waals surface area contributed by atoms with Crippen molar-refractivity contribution in [2.75, 3.05) is 62.2 Å². The number of carbonyl (C=O) groups is 6. The average Bonchev–Trinajstić information content (AvgIpc) is 3.78. The standard InChI is InChI=1S/C63H70N6O12S3/c1-39-24-50-52(66(4)36-48-29-43-13-8-10-15-45(43)35-69(48)62(50)75)32-54(39)80-37-40-25-41(38-81-56-31-51-49(30-55(56)78-5)61(74)68-34-44-14-9-7-12-42(44)28-47(68)33-64-51)27-46(26-40)65-58(71)19-21-63(2,3)83-82-23-20-57(84(76,77)79-6)53(70)16-11-22-67-59(72)17-18-60(67)73/h7-10,12-15,17-18,24-27,30-32,47-48,57,64H,11,16,19-23,28-29,33-38H2,1-6H3,(H,65,71)/t47-,48?,57?/m1/s1. The van der Waals surface area contributed by atoms with Crippen LogP contribution < -0.4 is 29.7 Å². The molecule has 5 aromatic carbocycles. The Kier molecular flexibility index (Phi) is 18.1. The Labute approximate surface area is 498 Å². The summed E-state index contributed by atoms with van der Waals surface area (Å²) in [4.78, 5) is 86.5. The van der Waals surface area contributed by atoms with E-state index in [1.807, 2.05) is 98.3 Å². The van der Waals surface area contributed by atoms with Crippen molar-refractivity contribution in [1.82, 2.24) is 14.7 Å². The van der Waals surface area contributed by atoms with Crippen LogP contribution in [0.15, 0.2) is 103 Å². The van der Waals surface area contributed by atoms with Crippen LogP contribution in [0.3, 0.4) is 0 Å². The van der Waals surface area contributed by atoms with Gasteiger partial charge >= 0.3 is 0 Å². The Hall–Kier alpha value is -7.33. The zero-order valence-corrected chi connectivity index (χ0v) is 50.5. The molecule has 442 valence electrons. The molecule has 0 aromatic heterocycles. The van der Waals surface area contributed by atoms with E-state index in [4.69, 9.17) is 18.4 Å². The highest BCUT2D eigenvalue weighted by Crippen LogP contribution is 2.42. The lowest BCUT2D eigenvalue weighted by Crippen LogP contribution is -2.47. The van der Waals surface area contributed by atoms with E-state index >= 15 is 0 Å². The molecule has 5 aromatic rings. The lowest BCUT2D eigenvalue weighted by atomic mass is 9.93. The maximum absolute atomic E-state index is 14.3. The molecule has 5 aliphatic heterocycles. The van der Waals surface area contributed by atoms with E-state index in [0.717, 1.165) is 64.9 Å². The van der Waals surface area contributed by atoms with Crippen molar-refractivity contribution in [2.45, 2.75) is 114 Å². The van der Waals surface area contributed by atoms with Gasteiger partial charge in [-0.15, -0.1) is 0 Å². The minimum absolute atomic E-state index is 0.00251. The number of Topliss-reactive ketones (excluding diaryl/α,β-unsaturated/α-hetero) is 1. The summed E-state index contributed by atoms with van der Waals surface area (Å²) in [6, 6.07) is 29.6. The lowest BCUT2D eigenvalue weighted by Gasteiger charge is -2.36. The van der Waals surface area contributed by atoms with Gasteiger partial charge in [-0.05, 0) is 122 Å². The number of ketones is 1.